The molecule has 5 nitrogen and oxygen atoms in total. The van der Waals surface area contributed by atoms with Gasteiger partial charge in [-0.1, -0.05) is 39.1 Å². The van der Waals surface area contributed by atoms with E-state index in [1.165, 1.54) is 18.2 Å². The molecule has 1 aromatic heterocycles. The molecular weight excluding hydrogens is 391 g/mol. The number of aromatic amines is 1. The quantitative estimate of drug-likeness (QED) is 0.834. The molecule has 0 saturated heterocycles. The minimum absolute atomic E-state index is 0.0720. The Morgan fingerprint density at radius 3 is 2.25 bits per heavy atom. The van der Waals surface area contributed by atoms with Gasteiger partial charge in [0, 0.05) is 16.7 Å². The third kappa shape index (κ3) is 3.35. The Hall–Kier alpha value is -1.02. The molecule has 0 atom stereocenters. The van der Waals surface area contributed by atoms with Gasteiger partial charge in [0.15, 0.2) is 0 Å². The van der Waals surface area contributed by atoms with Gasteiger partial charge < -0.3 is 4.98 Å². The fourth-order valence-corrected chi connectivity index (χ4v) is 3.88. The van der Waals surface area contributed by atoms with E-state index in [4.69, 9.17) is 23.2 Å². The van der Waals surface area contributed by atoms with E-state index < -0.39 is 15.6 Å². The van der Waals surface area contributed by atoms with Crippen molar-refractivity contribution in [2.45, 2.75) is 4.90 Å². The van der Waals surface area contributed by atoms with Crippen molar-refractivity contribution in [2.24, 2.45) is 0 Å². The second-order valence-electron chi connectivity index (χ2n) is 3.74. The van der Waals surface area contributed by atoms with Crippen molar-refractivity contribution in [3.63, 3.8) is 0 Å². The molecule has 106 valence electrons. The standard InChI is InChI=1S/C11H7BrCl2N2O3S/c12-6-3-8(13)11(9(14)4-6)16-20(18,19)7-1-2-10(17)15-5-7/h1-5,16H,(H,15,17). The maximum absolute atomic E-state index is 12.1. The molecule has 0 radical (unpaired) electrons. The van der Waals surface area contributed by atoms with Gasteiger partial charge in [0.25, 0.3) is 10.0 Å². The largest absolute Gasteiger partial charge is 0.328 e. The highest BCUT2D eigenvalue weighted by Gasteiger charge is 2.18. The molecule has 2 rings (SSSR count). The minimum atomic E-state index is -3.89. The van der Waals surface area contributed by atoms with Crippen molar-refractivity contribution in [2.75, 3.05) is 4.72 Å². The molecular formula is C11H7BrCl2N2O3S. The minimum Gasteiger partial charge on any atom is -0.328 e. The van der Waals surface area contributed by atoms with Gasteiger partial charge in [-0.15, -0.1) is 0 Å². The first kappa shape index (κ1) is 15.4. The van der Waals surface area contributed by atoms with E-state index in [2.05, 4.69) is 25.6 Å². The SMILES string of the molecule is O=c1ccc(S(=O)(=O)Nc2c(Cl)cc(Br)cc2Cl)c[nH]1. The molecule has 0 unspecified atom stereocenters. The van der Waals surface area contributed by atoms with Crippen LogP contribution in [0.2, 0.25) is 10.0 Å². The van der Waals surface area contributed by atoms with Crippen LogP contribution in [0.5, 0.6) is 0 Å². The Morgan fingerprint density at radius 1 is 1.15 bits per heavy atom. The van der Waals surface area contributed by atoms with E-state index in [0.29, 0.717) is 4.47 Å². The zero-order valence-corrected chi connectivity index (χ0v) is 13.6. The van der Waals surface area contributed by atoms with Crippen LogP contribution in [0.4, 0.5) is 5.69 Å². The number of hydrogen-bond donors (Lipinski definition) is 2. The number of halogens is 3. The number of hydrogen-bond acceptors (Lipinski definition) is 3. The molecule has 2 aromatic rings. The number of anilines is 1. The van der Waals surface area contributed by atoms with Crippen molar-refractivity contribution >= 4 is 54.8 Å². The van der Waals surface area contributed by atoms with Gasteiger partial charge in [0.2, 0.25) is 5.56 Å². The highest BCUT2D eigenvalue weighted by atomic mass is 79.9. The third-order valence-electron chi connectivity index (χ3n) is 2.31. The monoisotopic (exact) mass is 396 g/mol. The summed E-state index contributed by atoms with van der Waals surface area (Å²) in [6, 6.07) is 5.32. The topological polar surface area (TPSA) is 79.0 Å². The van der Waals surface area contributed by atoms with E-state index in [0.717, 1.165) is 12.3 Å². The number of aromatic nitrogens is 1. The molecule has 0 aliphatic rings. The molecule has 0 fully saturated rings. The predicted molar refractivity (Wildman–Crippen MR) is 82.0 cm³/mol. The number of benzene rings is 1. The van der Waals surface area contributed by atoms with Gasteiger partial charge in [-0.25, -0.2) is 8.42 Å². The van der Waals surface area contributed by atoms with Crippen molar-refractivity contribution in [3.8, 4) is 0 Å². The summed E-state index contributed by atoms with van der Waals surface area (Å²) in [6.45, 7) is 0. The highest BCUT2D eigenvalue weighted by molar-refractivity contribution is 9.10. The Labute approximate surface area is 133 Å². The summed E-state index contributed by atoms with van der Waals surface area (Å²) >= 11 is 15.1. The molecule has 0 spiro atoms. The molecule has 9 heteroatoms. The van der Waals surface area contributed by atoms with E-state index >= 15 is 0 Å². The molecule has 0 aliphatic carbocycles. The number of sulfonamides is 1. The molecule has 1 aromatic carbocycles. The Bertz CT molecular complexity index is 777. The Morgan fingerprint density at radius 2 is 1.75 bits per heavy atom. The van der Waals surface area contributed by atoms with Crippen LogP contribution in [0.1, 0.15) is 0 Å². The van der Waals surface area contributed by atoms with Crippen molar-refractivity contribution in [1.29, 1.82) is 0 Å². The summed E-state index contributed by atoms with van der Waals surface area (Å²) in [4.78, 5) is 13.1. The molecule has 0 bridgehead atoms. The molecule has 1 heterocycles. The Kier molecular flexibility index (Phi) is 4.43. The van der Waals surface area contributed by atoms with Crippen molar-refractivity contribution in [1.82, 2.24) is 4.98 Å². The molecule has 0 amide bonds. The van der Waals surface area contributed by atoms with Crippen LogP contribution < -0.4 is 10.3 Å². The average molecular weight is 398 g/mol. The van der Waals surface area contributed by atoms with Crippen molar-refractivity contribution < 1.29 is 8.42 Å². The second kappa shape index (κ2) is 5.77. The fourth-order valence-electron chi connectivity index (χ4n) is 1.40. The van der Waals surface area contributed by atoms with Crippen LogP contribution >= 0.6 is 39.1 Å². The lowest BCUT2D eigenvalue weighted by Crippen LogP contribution is -2.15. The molecule has 20 heavy (non-hydrogen) atoms. The first-order valence-corrected chi connectivity index (χ1v) is 8.19. The van der Waals surface area contributed by atoms with E-state index in [-0.39, 0.29) is 20.6 Å². The number of pyridine rings is 1. The lowest BCUT2D eigenvalue weighted by molar-refractivity contribution is 0.600. The summed E-state index contributed by atoms with van der Waals surface area (Å²) in [5.74, 6) is 0. The van der Waals surface area contributed by atoms with Gasteiger partial charge in [-0.05, 0) is 18.2 Å². The Balaban J connectivity index is 2.43. The van der Waals surface area contributed by atoms with E-state index in [1.807, 2.05) is 0 Å². The van der Waals surface area contributed by atoms with Crippen LogP contribution in [0.25, 0.3) is 0 Å². The fraction of sp³-hybridized carbons (Fsp3) is 0. The predicted octanol–water partition coefficient (Wildman–Crippen LogP) is 3.25. The summed E-state index contributed by atoms with van der Waals surface area (Å²) in [7, 11) is -3.89. The lowest BCUT2D eigenvalue weighted by atomic mass is 10.3. The second-order valence-corrected chi connectivity index (χ2v) is 7.15. The molecule has 2 N–H and O–H groups in total. The third-order valence-corrected chi connectivity index (χ3v) is 4.71. The zero-order valence-electron chi connectivity index (χ0n) is 9.65. The first-order valence-electron chi connectivity index (χ1n) is 5.16. The summed E-state index contributed by atoms with van der Waals surface area (Å²) in [5, 5.41) is 0.301. The van der Waals surface area contributed by atoms with Crippen molar-refractivity contribution in [3.05, 3.63) is 55.3 Å². The summed E-state index contributed by atoms with van der Waals surface area (Å²) < 4.78 is 27.2. The van der Waals surface area contributed by atoms with E-state index in [9.17, 15) is 13.2 Å². The van der Waals surface area contributed by atoms with Gasteiger partial charge in [-0.2, -0.15) is 0 Å². The first-order chi connectivity index (χ1) is 9.29. The zero-order chi connectivity index (χ0) is 14.9. The van der Waals surface area contributed by atoms with Gasteiger partial charge in [-0.3, -0.25) is 9.52 Å². The van der Waals surface area contributed by atoms with Crippen LogP contribution in [0.15, 0.2) is 44.6 Å². The van der Waals surface area contributed by atoms with Gasteiger partial charge >= 0.3 is 0 Å². The summed E-state index contributed by atoms with van der Waals surface area (Å²) in [6.07, 6.45) is 1.09. The smallest absolute Gasteiger partial charge is 0.263 e. The lowest BCUT2D eigenvalue weighted by Gasteiger charge is -2.11. The van der Waals surface area contributed by atoms with Crippen LogP contribution in [0, 0.1) is 0 Å². The van der Waals surface area contributed by atoms with Crippen LogP contribution in [-0.2, 0) is 10.0 Å². The van der Waals surface area contributed by atoms with Gasteiger partial charge in [0.1, 0.15) is 4.90 Å². The van der Waals surface area contributed by atoms with Crippen LogP contribution in [-0.4, -0.2) is 13.4 Å². The number of nitrogens with one attached hydrogen (secondary N) is 2. The van der Waals surface area contributed by atoms with Crippen LogP contribution in [0.3, 0.4) is 0 Å². The summed E-state index contributed by atoms with van der Waals surface area (Å²) in [5.41, 5.74) is -0.327. The van der Waals surface area contributed by atoms with Gasteiger partial charge in [0.05, 0.1) is 15.7 Å². The number of H-pyrrole nitrogens is 1. The van der Waals surface area contributed by atoms with E-state index in [1.54, 1.807) is 0 Å². The molecule has 0 saturated carbocycles. The molecule has 0 aliphatic heterocycles. The number of rotatable bonds is 3. The maximum atomic E-state index is 12.1. The maximum Gasteiger partial charge on any atom is 0.263 e. The normalized spacial score (nSPS) is 11.3. The highest BCUT2D eigenvalue weighted by Crippen LogP contribution is 2.35. The average Bonchev–Trinajstić information content (AvgIpc) is 2.34.